The molecule has 0 aliphatic heterocycles. The van der Waals surface area contributed by atoms with Gasteiger partial charge < -0.3 is 10.8 Å². The third kappa shape index (κ3) is 2.47. The predicted octanol–water partition coefficient (Wildman–Crippen LogP) is 1.03. The van der Waals surface area contributed by atoms with Crippen LogP contribution in [-0.2, 0) is 10.0 Å². The molecule has 0 unspecified atom stereocenters. The zero-order valence-corrected chi connectivity index (χ0v) is 11.5. The maximum atomic E-state index is 12.1. The van der Waals surface area contributed by atoms with Gasteiger partial charge in [0, 0.05) is 0 Å². The molecule has 4 N–H and O–H groups in total. The Hall–Kier alpha value is -0.820. The van der Waals surface area contributed by atoms with Crippen molar-refractivity contribution in [3.05, 3.63) is 22.7 Å². The van der Waals surface area contributed by atoms with Gasteiger partial charge in [-0.1, -0.05) is 11.6 Å². The summed E-state index contributed by atoms with van der Waals surface area (Å²) in [6.45, 7) is 1.49. The molecule has 0 spiro atoms. The molecule has 1 fully saturated rings. The summed E-state index contributed by atoms with van der Waals surface area (Å²) in [7, 11) is -3.68. The van der Waals surface area contributed by atoms with Crippen molar-refractivity contribution < 1.29 is 13.5 Å². The molecule has 1 saturated carbocycles. The molecule has 0 heterocycles. The number of anilines is 1. The summed E-state index contributed by atoms with van der Waals surface area (Å²) in [6, 6.07) is 2.79. The summed E-state index contributed by atoms with van der Waals surface area (Å²) in [5.74, 6) is 0. The summed E-state index contributed by atoms with van der Waals surface area (Å²) in [5.41, 5.74) is 5.79. The van der Waals surface area contributed by atoms with Gasteiger partial charge in [-0.2, -0.15) is 0 Å². The highest BCUT2D eigenvalue weighted by molar-refractivity contribution is 7.89. The third-order valence-corrected chi connectivity index (χ3v) is 5.15. The molecule has 5 nitrogen and oxygen atoms in total. The van der Waals surface area contributed by atoms with Crippen LogP contribution >= 0.6 is 11.6 Å². The average molecular weight is 291 g/mol. The lowest BCUT2D eigenvalue weighted by Gasteiger charge is -2.15. The molecule has 2 rings (SSSR count). The number of aliphatic hydroxyl groups is 1. The van der Waals surface area contributed by atoms with Crippen LogP contribution in [0.25, 0.3) is 0 Å². The summed E-state index contributed by atoms with van der Waals surface area (Å²) in [4.78, 5) is 0.0709. The molecule has 100 valence electrons. The van der Waals surface area contributed by atoms with E-state index in [-0.39, 0.29) is 17.2 Å². The third-order valence-electron chi connectivity index (χ3n) is 3.07. The molecule has 0 bridgehead atoms. The number of aliphatic hydroxyl groups excluding tert-OH is 1. The first-order valence-corrected chi connectivity index (χ1v) is 7.36. The van der Waals surface area contributed by atoms with Crippen molar-refractivity contribution in [3.8, 4) is 0 Å². The number of nitrogens with two attached hydrogens (primary N) is 1. The molecule has 18 heavy (non-hydrogen) atoms. The Balaban J connectivity index is 2.36. The lowest BCUT2D eigenvalue weighted by atomic mass is 10.2. The minimum atomic E-state index is -3.68. The first kappa shape index (κ1) is 13.6. The maximum Gasteiger partial charge on any atom is 0.241 e. The number of sulfonamides is 1. The van der Waals surface area contributed by atoms with Crippen LogP contribution in [0.4, 0.5) is 5.69 Å². The Bertz CT molecular complexity index is 559. The number of hydrogen-bond donors (Lipinski definition) is 3. The van der Waals surface area contributed by atoms with E-state index in [0.29, 0.717) is 23.4 Å². The van der Waals surface area contributed by atoms with Gasteiger partial charge in [-0.05, 0) is 37.5 Å². The van der Waals surface area contributed by atoms with Crippen LogP contribution < -0.4 is 10.5 Å². The van der Waals surface area contributed by atoms with Gasteiger partial charge in [0.25, 0.3) is 0 Å². The Morgan fingerprint density at radius 2 is 2.11 bits per heavy atom. The molecule has 1 aromatic carbocycles. The van der Waals surface area contributed by atoms with E-state index in [4.69, 9.17) is 22.4 Å². The van der Waals surface area contributed by atoms with Crippen LogP contribution in [0.3, 0.4) is 0 Å². The molecule has 0 atom stereocenters. The SMILES string of the molecule is Cc1cc(S(=O)(=O)NC2(CO)CC2)cc(N)c1Cl. The molecular weight excluding hydrogens is 276 g/mol. The molecule has 0 amide bonds. The van der Waals surface area contributed by atoms with Gasteiger partial charge in [-0.15, -0.1) is 0 Å². The normalized spacial score (nSPS) is 17.7. The first-order valence-electron chi connectivity index (χ1n) is 5.50. The second-order valence-electron chi connectivity index (χ2n) is 4.69. The standard InChI is InChI=1S/C11H15ClN2O3S/c1-7-4-8(5-9(13)10(7)12)18(16,17)14-11(6-15)2-3-11/h4-5,14-15H,2-3,6,13H2,1H3. The first-order chi connectivity index (χ1) is 8.30. The van der Waals surface area contributed by atoms with Crippen LogP contribution in [0.1, 0.15) is 18.4 Å². The Kier molecular flexibility index (Phi) is 3.31. The molecule has 0 aromatic heterocycles. The van der Waals surface area contributed by atoms with Gasteiger partial charge in [0.15, 0.2) is 0 Å². The molecule has 1 aromatic rings. The van der Waals surface area contributed by atoms with E-state index in [1.54, 1.807) is 6.92 Å². The highest BCUT2D eigenvalue weighted by atomic mass is 35.5. The van der Waals surface area contributed by atoms with Crippen LogP contribution in [0, 0.1) is 6.92 Å². The average Bonchev–Trinajstić information content (AvgIpc) is 3.05. The number of hydrogen-bond acceptors (Lipinski definition) is 4. The number of nitrogens with one attached hydrogen (secondary N) is 1. The highest BCUT2D eigenvalue weighted by Crippen LogP contribution is 2.36. The molecule has 0 radical (unpaired) electrons. The summed E-state index contributed by atoms with van der Waals surface area (Å²) < 4.78 is 26.8. The summed E-state index contributed by atoms with van der Waals surface area (Å²) in [5, 5.41) is 9.51. The number of rotatable bonds is 4. The van der Waals surface area contributed by atoms with Gasteiger partial charge in [0.05, 0.1) is 27.8 Å². The van der Waals surface area contributed by atoms with E-state index in [9.17, 15) is 8.42 Å². The fourth-order valence-electron chi connectivity index (χ4n) is 1.71. The zero-order valence-electron chi connectivity index (χ0n) is 9.90. The van der Waals surface area contributed by atoms with E-state index >= 15 is 0 Å². The van der Waals surface area contributed by atoms with Gasteiger partial charge in [-0.25, -0.2) is 13.1 Å². The van der Waals surface area contributed by atoms with Crippen LogP contribution in [0.5, 0.6) is 0 Å². The minimum Gasteiger partial charge on any atom is -0.397 e. The van der Waals surface area contributed by atoms with Gasteiger partial charge in [0.2, 0.25) is 10.0 Å². The number of aryl methyl sites for hydroxylation is 1. The van der Waals surface area contributed by atoms with E-state index < -0.39 is 15.6 Å². The Morgan fingerprint density at radius 1 is 1.50 bits per heavy atom. The second-order valence-corrected chi connectivity index (χ2v) is 6.75. The highest BCUT2D eigenvalue weighted by Gasteiger charge is 2.45. The predicted molar refractivity (Wildman–Crippen MR) is 70.0 cm³/mol. The van der Waals surface area contributed by atoms with Crippen molar-refractivity contribution in [1.82, 2.24) is 4.72 Å². The second kappa shape index (κ2) is 4.38. The van der Waals surface area contributed by atoms with E-state index in [0.717, 1.165) is 0 Å². The van der Waals surface area contributed by atoms with Crippen molar-refractivity contribution in [1.29, 1.82) is 0 Å². The Morgan fingerprint density at radius 3 is 2.56 bits per heavy atom. The number of nitrogen functional groups attached to an aromatic ring is 1. The molecular formula is C11H15ClN2O3S. The van der Waals surface area contributed by atoms with Crippen molar-refractivity contribution in [3.63, 3.8) is 0 Å². The topological polar surface area (TPSA) is 92.4 Å². The van der Waals surface area contributed by atoms with Gasteiger partial charge >= 0.3 is 0 Å². The van der Waals surface area contributed by atoms with Crippen molar-refractivity contribution in [2.45, 2.75) is 30.2 Å². The van der Waals surface area contributed by atoms with E-state index in [1.807, 2.05) is 0 Å². The monoisotopic (exact) mass is 290 g/mol. The van der Waals surface area contributed by atoms with Crippen LogP contribution in [-0.4, -0.2) is 25.7 Å². The van der Waals surface area contributed by atoms with Gasteiger partial charge in [0.1, 0.15) is 0 Å². The Labute approximate surface area is 111 Å². The van der Waals surface area contributed by atoms with E-state index in [1.165, 1.54) is 12.1 Å². The number of benzene rings is 1. The van der Waals surface area contributed by atoms with Gasteiger partial charge in [-0.3, -0.25) is 0 Å². The largest absolute Gasteiger partial charge is 0.397 e. The summed E-state index contributed by atoms with van der Waals surface area (Å²) >= 11 is 5.89. The van der Waals surface area contributed by atoms with Crippen LogP contribution in [0.2, 0.25) is 5.02 Å². The van der Waals surface area contributed by atoms with Crippen LogP contribution in [0.15, 0.2) is 17.0 Å². The molecule has 1 aliphatic carbocycles. The van der Waals surface area contributed by atoms with Crippen molar-refractivity contribution in [2.75, 3.05) is 12.3 Å². The lowest BCUT2D eigenvalue weighted by molar-refractivity contribution is 0.246. The fraction of sp³-hybridized carbons (Fsp3) is 0.455. The quantitative estimate of drug-likeness (QED) is 0.722. The molecule has 7 heteroatoms. The molecule has 0 saturated heterocycles. The van der Waals surface area contributed by atoms with Crippen molar-refractivity contribution >= 4 is 27.3 Å². The minimum absolute atomic E-state index is 0.0709. The maximum absolute atomic E-state index is 12.1. The smallest absolute Gasteiger partial charge is 0.241 e. The van der Waals surface area contributed by atoms with E-state index in [2.05, 4.69) is 4.72 Å². The molecule has 1 aliphatic rings. The zero-order chi connectivity index (χ0) is 13.6. The number of halogens is 1. The lowest BCUT2D eigenvalue weighted by Crippen LogP contribution is -2.39. The van der Waals surface area contributed by atoms with Crippen molar-refractivity contribution in [2.24, 2.45) is 0 Å². The fourth-order valence-corrected chi connectivity index (χ4v) is 3.38. The summed E-state index contributed by atoms with van der Waals surface area (Å²) in [6.07, 6.45) is 1.29.